The molecule has 0 atom stereocenters. The predicted molar refractivity (Wildman–Crippen MR) is 189 cm³/mol. The van der Waals surface area contributed by atoms with Crippen molar-refractivity contribution in [1.29, 1.82) is 0 Å². The Bertz CT molecular complexity index is 1100. The van der Waals surface area contributed by atoms with Gasteiger partial charge >= 0.3 is 5.97 Å². The second-order valence-corrected chi connectivity index (χ2v) is 10.8. The predicted octanol–water partition coefficient (Wildman–Crippen LogP) is 4.30. The Morgan fingerprint density at radius 1 is 0.529 bits per heavy atom. The van der Waals surface area contributed by atoms with Crippen LogP contribution in [0.4, 0.5) is 0 Å². The molecular weight excluding hydrogens is 668 g/mol. The van der Waals surface area contributed by atoms with E-state index >= 15 is 0 Å². The number of carboxylic acids is 1. The van der Waals surface area contributed by atoms with E-state index in [9.17, 15) is 9.90 Å². The monoisotopic (exact) mass is 726 g/mol. The lowest BCUT2D eigenvalue weighted by molar-refractivity contribution is 0.00497. The summed E-state index contributed by atoms with van der Waals surface area (Å²) in [4.78, 5) is 11.9. The molecule has 2 rings (SSSR count). The van der Waals surface area contributed by atoms with Crippen LogP contribution in [-0.4, -0.2) is 144 Å². The van der Waals surface area contributed by atoms with Crippen molar-refractivity contribution in [3.05, 3.63) is 53.6 Å². The average molecular weight is 727 g/mol. The van der Waals surface area contributed by atoms with Crippen molar-refractivity contribution in [2.24, 2.45) is 0 Å². The molecule has 0 aliphatic carbocycles. The number of carbonyl (C=O) groups is 1. The summed E-state index contributed by atoms with van der Waals surface area (Å²) in [6.45, 7) is 9.96. The maximum atomic E-state index is 11.9. The van der Waals surface area contributed by atoms with Crippen LogP contribution < -0.4 is 14.2 Å². The van der Waals surface area contributed by atoms with Crippen molar-refractivity contribution < 1.29 is 66.7 Å². The minimum absolute atomic E-state index is 0.0172. The topological polar surface area (TPSA) is 148 Å². The summed E-state index contributed by atoms with van der Waals surface area (Å²) >= 11 is 0. The fraction of sp³-hybridized carbons (Fsp3) is 0.649. The van der Waals surface area contributed by atoms with Crippen molar-refractivity contribution in [2.75, 3.05) is 133 Å². The molecule has 0 spiro atoms. The lowest BCUT2D eigenvalue weighted by atomic mass is 10.2. The van der Waals surface area contributed by atoms with Gasteiger partial charge in [0.25, 0.3) is 0 Å². The van der Waals surface area contributed by atoms with Crippen molar-refractivity contribution in [2.45, 2.75) is 26.4 Å². The highest BCUT2D eigenvalue weighted by Gasteiger charge is 2.19. The van der Waals surface area contributed by atoms with Gasteiger partial charge in [0.05, 0.1) is 111 Å². The largest absolute Gasteiger partial charge is 0.487 e. The molecule has 0 aliphatic heterocycles. The van der Waals surface area contributed by atoms with Crippen LogP contribution in [0.3, 0.4) is 0 Å². The van der Waals surface area contributed by atoms with Crippen LogP contribution >= 0.6 is 0 Å². The molecular formula is C37H58O14. The van der Waals surface area contributed by atoms with E-state index in [1.807, 2.05) is 30.3 Å². The van der Waals surface area contributed by atoms with Crippen LogP contribution in [0.1, 0.15) is 35.7 Å². The van der Waals surface area contributed by atoms with E-state index in [1.54, 1.807) is 7.11 Å². The zero-order valence-corrected chi connectivity index (χ0v) is 30.4. The molecule has 0 radical (unpaired) electrons. The van der Waals surface area contributed by atoms with Gasteiger partial charge in [0.2, 0.25) is 5.75 Å². The highest BCUT2D eigenvalue weighted by molar-refractivity contribution is 5.89. The van der Waals surface area contributed by atoms with Gasteiger partial charge in [-0.25, -0.2) is 4.79 Å². The lowest BCUT2D eigenvalue weighted by Crippen LogP contribution is -2.16. The van der Waals surface area contributed by atoms with Crippen molar-refractivity contribution in [3.8, 4) is 17.2 Å². The van der Waals surface area contributed by atoms with E-state index in [0.717, 1.165) is 25.0 Å². The molecule has 2 aromatic carbocycles. The summed E-state index contributed by atoms with van der Waals surface area (Å²) < 4.78 is 67.2. The number of methoxy groups -OCH3 is 1. The molecule has 0 unspecified atom stereocenters. The van der Waals surface area contributed by atoms with Crippen LogP contribution in [0.15, 0.2) is 42.5 Å². The zero-order valence-electron chi connectivity index (χ0n) is 30.4. The van der Waals surface area contributed by atoms with E-state index < -0.39 is 5.97 Å². The highest BCUT2D eigenvalue weighted by atomic mass is 16.6. The number of rotatable bonds is 36. The van der Waals surface area contributed by atoms with Gasteiger partial charge in [0.15, 0.2) is 11.5 Å². The smallest absolute Gasteiger partial charge is 0.335 e. The molecule has 290 valence electrons. The number of unbranched alkanes of at least 4 members (excludes halogenated alkanes) is 1. The fourth-order valence-corrected chi connectivity index (χ4v) is 4.14. The quantitative estimate of drug-likeness (QED) is 0.0995. The Morgan fingerprint density at radius 3 is 1.39 bits per heavy atom. The van der Waals surface area contributed by atoms with Gasteiger partial charge in [-0.05, 0) is 24.1 Å². The van der Waals surface area contributed by atoms with Gasteiger partial charge in [-0.1, -0.05) is 43.7 Å². The third kappa shape index (κ3) is 23.2. The van der Waals surface area contributed by atoms with Crippen LogP contribution in [0.25, 0.3) is 0 Å². The van der Waals surface area contributed by atoms with E-state index in [0.29, 0.717) is 85.9 Å². The van der Waals surface area contributed by atoms with Crippen molar-refractivity contribution >= 4 is 5.97 Å². The minimum Gasteiger partial charge on any atom is -0.487 e. The molecule has 0 amide bonds. The van der Waals surface area contributed by atoms with Crippen LogP contribution in [0, 0.1) is 0 Å². The molecule has 0 bridgehead atoms. The maximum Gasteiger partial charge on any atom is 0.335 e. The molecule has 14 heteroatoms. The van der Waals surface area contributed by atoms with Gasteiger partial charge < -0.3 is 61.9 Å². The normalized spacial score (nSPS) is 11.2. The minimum atomic E-state index is -1.14. The summed E-state index contributed by atoms with van der Waals surface area (Å²) in [7, 11) is 1.61. The Hall–Kier alpha value is -3.05. The Balaban J connectivity index is 1.79. The van der Waals surface area contributed by atoms with Crippen LogP contribution in [0.5, 0.6) is 17.2 Å². The van der Waals surface area contributed by atoms with Crippen molar-refractivity contribution in [1.82, 2.24) is 0 Å². The van der Waals surface area contributed by atoms with E-state index in [-0.39, 0.29) is 62.5 Å². The van der Waals surface area contributed by atoms with Gasteiger partial charge in [0, 0.05) is 13.7 Å². The van der Waals surface area contributed by atoms with E-state index in [1.165, 1.54) is 12.1 Å². The average Bonchev–Trinajstić information content (AvgIpc) is 3.14. The molecule has 0 aromatic heterocycles. The number of benzene rings is 2. The van der Waals surface area contributed by atoms with Gasteiger partial charge in [-0.2, -0.15) is 0 Å². The number of hydrogen-bond acceptors (Lipinski definition) is 13. The first-order valence-electron chi connectivity index (χ1n) is 17.6. The molecule has 14 nitrogen and oxygen atoms in total. The van der Waals surface area contributed by atoms with Gasteiger partial charge in [0.1, 0.15) is 19.8 Å². The summed E-state index contributed by atoms with van der Waals surface area (Å²) in [5, 5.41) is 9.76. The summed E-state index contributed by atoms with van der Waals surface area (Å²) in [6, 6.07) is 12.7. The zero-order chi connectivity index (χ0) is 36.5. The summed E-state index contributed by atoms with van der Waals surface area (Å²) in [6.07, 6.45) is 2.13. The summed E-state index contributed by atoms with van der Waals surface area (Å²) in [5.41, 5.74) is 1.10. The second kappa shape index (κ2) is 31.7. The standard InChI is InChI=1S/C37H58O14/c1-3-4-10-41-13-14-43-16-19-46-24-27-50-35-30-33(37(38)39)29-34(49-26-23-45-18-15-42-12-11-40-2)36(35)51-28-25-47-20-17-44-21-22-48-31-32-8-6-5-7-9-32/h5-9,29-30H,3-4,10-28,31H2,1-2H3,(H,38,39). The SMILES string of the molecule is CCCCOCCOCCOCCOc1cc(C(=O)O)cc(OCCOCCOCCOC)c1OCCOCCOCCOCc1ccccc1. The number of ether oxygens (including phenoxy) is 12. The molecule has 0 saturated heterocycles. The van der Waals surface area contributed by atoms with Gasteiger partial charge in [-0.15, -0.1) is 0 Å². The van der Waals surface area contributed by atoms with E-state index in [2.05, 4.69) is 6.92 Å². The molecule has 51 heavy (non-hydrogen) atoms. The maximum absolute atomic E-state index is 11.9. The van der Waals surface area contributed by atoms with E-state index in [4.69, 9.17) is 56.8 Å². The lowest BCUT2D eigenvalue weighted by Gasteiger charge is -2.18. The molecule has 2 aromatic rings. The highest BCUT2D eigenvalue weighted by Crippen LogP contribution is 2.39. The first kappa shape index (κ1) is 44.1. The number of carboxylic acid groups (broad SMARTS) is 1. The van der Waals surface area contributed by atoms with Crippen LogP contribution in [0.2, 0.25) is 0 Å². The molecule has 0 aliphatic rings. The third-order valence-electron chi connectivity index (χ3n) is 6.76. The van der Waals surface area contributed by atoms with Crippen LogP contribution in [-0.2, 0) is 49.2 Å². The second-order valence-electron chi connectivity index (χ2n) is 10.8. The number of aromatic carboxylic acids is 1. The van der Waals surface area contributed by atoms with Crippen molar-refractivity contribution in [3.63, 3.8) is 0 Å². The first-order valence-corrected chi connectivity index (χ1v) is 17.6. The van der Waals surface area contributed by atoms with Gasteiger partial charge in [-0.3, -0.25) is 0 Å². The molecule has 1 N–H and O–H groups in total. The first-order chi connectivity index (χ1) is 25.2. The summed E-state index contributed by atoms with van der Waals surface area (Å²) in [5.74, 6) is -0.467. The Labute approximate surface area is 302 Å². The molecule has 0 fully saturated rings. The molecule has 0 saturated carbocycles. The number of hydrogen-bond donors (Lipinski definition) is 1. The Morgan fingerprint density at radius 2 is 0.941 bits per heavy atom. The Kier molecular flexibility index (Phi) is 27.4. The fourth-order valence-electron chi connectivity index (χ4n) is 4.14. The third-order valence-corrected chi connectivity index (χ3v) is 6.76. The molecule has 0 heterocycles.